The molecule has 1 saturated carbocycles. The second-order valence-electron chi connectivity index (χ2n) is 6.03. The van der Waals surface area contributed by atoms with Gasteiger partial charge in [-0.3, -0.25) is 4.79 Å². The number of rotatable bonds is 4. The van der Waals surface area contributed by atoms with Gasteiger partial charge in [0.15, 0.2) is 0 Å². The Kier molecular flexibility index (Phi) is 3.33. The van der Waals surface area contributed by atoms with Crippen LogP contribution in [0.3, 0.4) is 0 Å². The summed E-state index contributed by atoms with van der Waals surface area (Å²) < 4.78 is 10.9. The van der Waals surface area contributed by atoms with E-state index in [2.05, 4.69) is 10.5 Å². The van der Waals surface area contributed by atoms with Crippen LogP contribution in [0.15, 0.2) is 34.9 Å². The van der Waals surface area contributed by atoms with Gasteiger partial charge < -0.3 is 14.6 Å². The van der Waals surface area contributed by atoms with Gasteiger partial charge in [-0.25, -0.2) is 0 Å². The van der Waals surface area contributed by atoms with Crippen LogP contribution in [0.4, 0.5) is 0 Å². The molecule has 2 aliphatic rings. The van der Waals surface area contributed by atoms with Gasteiger partial charge in [0.1, 0.15) is 23.8 Å². The molecular formula is C17H18N2O3. The lowest BCUT2D eigenvalue weighted by atomic mass is 9.96. The average Bonchev–Trinajstić information content (AvgIpc) is 3.31. The molecule has 2 aromatic rings. The molecule has 1 aromatic heterocycles. The first kappa shape index (κ1) is 13.4. The molecule has 2 heterocycles. The number of benzene rings is 1. The molecule has 22 heavy (non-hydrogen) atoms. The number of carbonyl (C=O) groups is 1. The van der Waals surface area contributed by atoms with Gasteiger partial charge >= 0.3 is 0 Å². The lowest BCUT2D eigenvalue weighted by Gasteiger charge is -2.24. The van der Waals surface area contributed by atoms with Crippen molar-refractivity contribution in [1.29, 1.82) is 0 Å². The van der Waals surface area contributed by atoms with Crippen LogP contribution in [0.5, 0.6) is 5.75 Å². The fraction of sp³-hybridized carbons (Fsp3) is 0.412. The third kappa shape index (κ3) is 2.71. The summed E-state index contributed by atoms with van der Waals surface area (Å²) in [4.78, 5) is 12.3. The minimum absolute atomic E-state index is 0.00507. The Balaban J connectivity index is 1.34. The predicted octanol–water partition coefficient (Wildman–Crippen LogP) is 2.42. The maximum atomic E-state index is 12.3. The van der Waals surface area contributed by atoms with Crippen LogP contribution in [0.25, 0.3) is 0 Å². The zero-order chi connectivity index (χ0) is 14.9. The molecule has 0 spiro atoms. The summed E-state index contributed by atoms with van der Waals surface area (Å²) in [5.74, 6) is 2.23. The highest BCUT2D eigenvalue weighted by Crippen LogP contribution is 2.40. The third-order valence-electron chi connectivity index (χ3n) is 4.25. The second kappa shape index (κ2) is 5.48. The van der Waals surface area contributed by atoms with Crippen LogP contribution in [0.2, 0.25) is 0 Å². The SMILES string of the molecule is O=C(NCc1cc(C2CC2)on1)[C@@H]1COc2ccccc2C1. The lowest BCUT2D eigenvalue weighted by Crippen LogP contribution is -2.37. The van der Waals surface area contributed by atoms with E-state index in [1.807, 2.05) is 30.3 Å². The van der Waals surface area contributed by atoms with Crippen molar-refractivity contribution in [2.24, 2.45) is 5.92 Å². The van der Waals surface area contributed by atoms with Crippen molar-refractivity contribution in [3.63, 3.8) is 0 Å². The number of hydrogen-bond donors (Lipinski definition) is 1. The van der Waals surface area contributed by atoms with Gasteiger partial charge in [-0.1, -0.05) is 23.4 Å². The molecule has 1 aliphatic carbocycles. The maximum Gasteiger partial charge on any atom is 0.227 e. The topological polar surface area (TPSA) is 64.4 Å². The number of fused-ring (bicyclic) bond motifs is 1. The molecule has 0 bridgehead atoms. The zero-order valence-electron chi connectivity index (χ0n) is 12.2. The Morgan fingerprint density at radius 3 is 3.05 bits per heavy atom. The van der Waals surface area contributed by atoms with Crippen molar-refractivity contribution in [2.45, 2.75) is 31.7 Å². The molecule has 1 amide bonds. The van der Waals surface area contributed by atoms with Crippen molar-refractivity contribution in [2.75, 3.05) is 6.61 Å². The molecule has 5 nitrogen and oxygen atoms in total. The number of carbonyl (C=O) groups excluding carboxylic acids is 1. The van der Waals surface area contributed by atoms with Crippen molar-refractivity contribution in [1.82, 2.24) is 10.5 Å². The first-order valence-corrected chi connectivity index (χ1v) is 7.73. The highest BCUT2D eigenvalue weighted by Gasteiger charge is 2.28. The van der Waals surface area contributed by atoms with Gasteiger partial charge in [-0.05, 0) is 30.9 Å². The minimum atomic E-state index is -0.148. The van der Waals surface area contributed by atoms with Crippen LogP contribution in [0.1, 0.15) is 35.8 Å². The largest absolute Gasteiger partial charge is 0.492 e. The van der Waals surface area contributed by atoms with Gasteiger partial charge in [0.2, 0.25) is 5.91 Å². The summed E-state index contributed by atoms with van der Waals surface area (Å²) in [6.07, 6.45) is 3.08. The first-order valence-electron chi connectivity index (χ1n) is 7.73. The van der Waals surface area contributed by atoms with E-state index in [0.717, 1.165) is 22.8 Å². The summed E-state index contributed by atoms with van der Waals surface area (Å²) >= 11 is 0. The first-order chi connectivity index (χ1) is 10.8. The average molecular weight is 298 g/mol. The molecule has 0 unspecified atom stereocenters. The molecule has 1 fully saturated rings. The molecule has 1 atom stereocenters. The molecule has 0 radical (unpaired) electrons. The van der Waals surface area contributed by atoms with E-state index >= 15 is 0 Å². The molecule has 114 valence electrons. The summed E-state index contributed by atoms with van der Waals surface area (Å²) in [7, 11) is 0. The van der Waals surface area contributed by atoms with Crippen LogP contribution in [-0.4, -0.2) is 17.7 Å². The Hall–Kier alpha value is -2.30. The van der Waals surface area contributed by atoms with E-state index in [9.17, 15) is 4.79 Å². The summed E-state index contributed by atoms with van der Waals surface area (Å²) in [6.45, 7) is 0.836. The fourth-order valence-electron chi connectivity index (χ4n) is 2.79. The molecular weight excluding hydrogens is 280 g/mol. The number of aromatic nitrogens is 1. The number of para-hydroxylation sites is 1. The lowest BCUT2D eigenvalue weighted by molar-refractivity contribution is -0.126. The highest BCUT2D eigenvalue weighted by atomic mass is 16.5. The second-order valence-corrected chi connectivity index (χ2v) is 6.03. The van der Waals surface area contributed by atoms with E-state index in [-0.39, 0.29) is 11.8 Å². The highest BCUT2D eigenvalue weighted by molar-refractivity contribution is 5.79. The quantitative estimate of drug-likeness (QED) is 0.941. The molecule has 1 aliphatic heterocycles. The fourth-order valence-corrected chi connectivity index (χ4v) is 2.79. The Morgan fingerprint density at radius 2 is 2.18 bits per heavy atom. The molecule has 0 saturated heterocycles. The van der Waals surface area contributed by atoms with Crippen LogP contribution < -0.4 is 10.1 Å². The summed E-state index contributed by atoms with van der Waals surface area (Å²) in [6, 6.07) is 9.82. The van der Waals surface area contributed by atoms with E-state index in [0.29, 0.717) is 25.5 Å². The Morgan fingerprint density at radius 1 is 1.32 bits per heavy atom. The zero-order valence-corrected chi connectivity index (χ0v) is 12.2. The Labute approximate surface area is 128 Å². The van der Waals surface area contributed by atoms with Gasteiger partial charge in [-0.2, -0.15) is 0 Å². The number of hydrogen-bond acceptors (Lipinski definition) is 4. The molecule has 4 rings (SSSR count). The van der Waals surface area contributed by atoms with Gasteiger partial charge in [0.05, 0.1) is 12.5 Å². The van der Waals surface area contributed by atoms with Crippen molar-refractivity contribution in [3.8, 4) is 5.75 Å². The van der Waals surface area contributed by atoms with Crippen LogP contribution in [0, 0.1) is 5.92 Å². The number of amides is 1. The monoisotopic (exact) mass is 298 g/mol. The van der Waals surface area contributed by atoms with E-state index in [1.165, 1.54) is 12.8 Å². The van der Waals surface area contributed by atoms with Crippen LogP contribution >= 0.6 is 0 Å². The van der Waals surface area contributed by atoms with E-state index in [1.54, 1.807) is 0 Å². The minimum Gasteiger partial charge on any atom is -0.492 e. The molecule has 1 N–H and O–H groups in total. The summed E-state index contributed by atoms with van der Waals surface area (Å²) in [5.41, 5.74) is 1.87. The standard InChI is InChI=1S/C17H18N2O3/c20-17(13-7-12-3-1-2-4-15(12)21-10-13)18-9-14-8-16(22-19-14)11-5-6-11/h1-4,8,11,13H,5-7,9-10H2,(H,18,20)/t13-/m0/s1. The predicted molar refractivity (Wildman–Crippen MR) is 79.5 cm³/mol. The van der Waals surface area contributed by atoms with Gasteiger partial charge in [0.25, 0.3) is 0 Å². The van der Waals surface area contributed by atoms with Crippen molar-refractivity contribution < 1.29 is 14.1 Å². The Bertz CT molecular complexity index is 691. The third-order valence-corrected chi connectivity index (χ3v) is 4.25. The summed E-state index contributed by atoms with van der Waals surface area (Å²) in [5, 5.41) is 6.94. The molecule has 1 aromatic carbocycles. The van der Waals surface area contributed by atoms with E-state index < -0.39 is 0 Å². The van der Waals surface area contributed by atoms with Crippen molar-refractivity contribution >= 4 is 5.91 Å². The normalized spacial score (nSPS) is 20.1. The van der Waals surface area contributed by atoms with E-state index in [4.69, 9.17) is 9.26 Å². The van der Waals surface area contributed by atoms with Crippen LogP contribution in [-0.2, 0) is 17.8 Å². The van der Waals surface area contributed by atoms with Gasteiger partial charge in [0, 0.05) is 12.0 Å². The number of ether oxygens (including phenoxy) is 1. The van der Waals surface area contributed by atoms with Gasteiger partial charge in [-0.15, -0.1) is 0 Å². The maximum absolute atomic E-state index is 12.3. The number of nitrogens with one attached hydrogen (secondary N) is 1. The smallest absolute Gasteiger partial charge is 0.227 e. The van der Waals surface area contributed by atoms with Crippen molar-refractivity contribution in [3.05, 3.63) is 47.3 Å². The number of nitrogens with zero attached hydrogens (tertiary/aromatic N) is 1. The molecule has 5 heteroatoms.